The van der Waals surface area contributed by atoms with E-state index >= 15 is 0 Å². The first-order valence-electron chi connectivity index (χ1n) is 8.29. The lowest BCUT2D eigenvalue weighted by Gasteiger charge is -2.40. The number of hydrogen-bond donors (Lipinski definition) is 2. The fourth-order valence-electron chi connectivity index (χ4n) is 3.28. The summed E-state index contributed by atoms with van der Waals surface area (Å²) in [5.41, 5.74) is 8.06. The van der Waals surface area contributed by atoms with Crippen LogP contribution in [-0.2, 0) is 22.6 Å². The summed E-state index contributed by atoms with van der Waals surface area (Å²) in [4.78, 5) is 33.6. The topological polar surface area (TPSA) is 101 Å². The number of aromatic nitrogens is 2. The molecule has 3 N–H and O–H groups in total. The largest absolute Gasteiger partial charge is 0.445 e. The van der Waals surface area contributed by atoms with Gasteiger partial charge in [0.15, 0.2) is 0 Å². The smallest absolute Gasteiger partial charge is 0.411 e. The molecule has 2 heterocycles. The van der Waals surface area contributed by atoms with E-state index in [1.54, 1.807) is 6.33 Å². The summed E-state index contributed by atoms with van der Waals surface area (Å²) in [6, 6.07) is 8.28. The van der Waals surface area contributed by atoms with Crippen molar-refractivity contribution in [2.75, 3.05) is 0 Å². The van der Waals surface area contributed by atoms with Gasteiger partial charge in [0.2, 0.25) is 5.91 Å². The van der Waals surface area contributed by atoms with E-state index < -0.39 is 18.0 Å². The molecule has 0 aliphatic carbocycles. The number of imidazole rings is 1. The number of rotatable bonds is 4. The maximum absolute atomic E-state index is 12.8. The Morgan fingerprint density at radius 1 is 1.36 bits per heavy atom. The van der Waals surface area contributed by atoms with E-state index in [0.29, 0.717) is 6.42 Å². The second kappa shape index (κ2) is 6.96. The molecule has 1 aliphatic heterocycles. The molecule has 2 atom stereocenters. The van der Waals surface area contributed by atoms with Gasteiger partial charge < -0.3 is 15.5 Å². The Hall–Kier alpha value is -2.83. The van der Waals surface area contributed by atoms with E-state index in [0.717, 1.165) is 17.0 Å². The Morgan fingerprint density at radius 3 is 2.72 bits per heavy atom. The van der Waals surface area contributed by atoms with Gasteiger partial charge in [0.25, 0.3) is 0 Å². The summed E-state index contributed by atoms with van der Waals surface area (Å²) in [6.07, 6.45) is 1.34. The van der Waals surface area contributed by atoms with Gasteiger partial charge in [-0.25, -0.2) is 9.78 Å². The molecule has 2 unspecified atom stereocenters. The molecule has 1 aromatic heterocycles. The third-order valence-corrected chi connectivity index (χ3v) is 4.44. The van der Waals surface area contributed by atoms with Crippen molar-refractivity contribution >= 4 is 12.0 Å². The van der Waals surface area contributed by atoms with Crippen molar-refractivity contribution in [3.8, 4) is 0 Å². The van der Waals surface area contributed by atoms with E-state index in [9.17, 15) is 9.59 Å². The molecule has 25 heavy (non-hydrogen) atoms. The zero-order valence-corrected chi connectivity index (χ0v) is 14.3. The Morgan fingerprint density at radius 2 is 2.08 bits per heavy atom. The molecule has 0 fully saturated rings. The Kier molecular flexibility index (Phi) is 4.74. The van der Waals surface area contributed by atoms with Gasteiger partial charge in [-0.2, -0.15) is 0 Å². The zero-order valence-electron chi connectivity index (χ0n) is 14.3. The van der Waals surface area contributed by atoms with E-state index in [4.69, 9.17) is 10.5 Å². The maximum Gasteiger partial charge on any atom is 0.411 e. The quantitative estimate of drug-likeness (QED) is 0.889. The molecule has 132 valence electrons. The third-order valence-electron chi connectivity index (χ3n) is 4.44. The normalized spacial score (nSPS) is 19.6. The van der Waals surface area contributed by atoms with Crippen LogP contribution in [0.1, 0.15) is 36.8 Å². The number of carbonyl (C=O) groups is 2. The number of H-pyrrole nitrogens is 1. The van der Waals surface area contributed by atoms with Crippen molar-refractivity contribution in [3.05, 3.63) is 53.6 Å². The van der Waals surface area contributed by atoms with Crippen molar-refractivity contribution in [2.24, 2.45) is 11.7 Å². The van der Waals surface area contributed by atoms with E-state index in [-0.39, 0.29) is 18.6 Å². The molecular weight excluding hydrogens is 320 g/mol. The van der Waals surface area contributed by atoms with Crippen LogP contribution in [-0.4, -0.2) is 32.9 Å². The number of nitrogens with one attached hydrogen (secondary N) is 1. The first-order chi connectivity index (χ1) is 12.0. The lowest BCUT2D eigenvalue weighted by molar-refractivity contribution is -0.124. The lowest BCUT2D eigenvalue weighted by atomic mass is 9.89. The van der Waals surface area contributed by atoms with Gasteiger partial charge in [0.1, 0.15) is 12.6 Å². The number of benzene rings is 1. The van der Waals surface area contributed by atoms with Crippen LogP contribution in [0.15, 0.2) is 36.7 Å². The van der Waals surface area contributed by atoms with Crippen LogP contribution in [0.3, 0.4) is 0 Å². The molecule has 1 aromatic carbocycles. The molecule has 2 amide bonds. The first-order valence-corrected chi connectivity index (χ1v) is 8.29. The highest BCUT2D eigenvalue weighted by Crippen LogP contribution is 2.36. The molecular formula is C18H22N4O3. The van der Waals surface area contributed by atoms with Crippen molar-refractivity contribution in [1.29, 1.82) is 0 Å². The number of nitrogens with zero attached hydrogens (tertiary/aromatic N) is 2. The number of hydrogen-bond acceptors (Lipinski definition) is 4. The second-order valence-corrected chi connectivity index (χ2v) is 6.52. The molecule has 7 nitrogen and oxygen atoms in total. The number of amides is 2. The minimum absolute atomic E-state index is 0.0495. The monoisotopic (exact) mass is 342 g/mol. The van der Waals surface area contributed by atoms with Gasteiger partial charge in [0.05, 0.1) is 18.1 Å². The van der Waals surface area contributed by atoms with Crippen molar-refractivity contribution in [3.63, 3.8) is 0 Å². The minimum Gasteiger partial charge on any atom is -0.445 e. The summed E-state index contributed by atoms with van der Waals surface area (Å²) < 4.78 is 5.46. The number of carbonyl (C=O) groups excluding carboxylic acids is 2. The van der Waals surface area contributed by atoms with Gasteiger partial charge >= 0.3 is 6.09 Å². The third kappa shape index (κ3) is 3.35. The van der Waals surface area contributed by atoms with Crippen LogP contribution < -0.4 is 5.73 Å². The average molecular weight is 342 g/mol. The van der Waals surface area contributed by atoms with Crippen molar-refractivity contribution in [2.45, 2.75) is 39.0 Å². The molecule has 3 rings (SSSR count). The van der Waals surface area contributed by atoms with Crippen LogP contribution in [0, 0.1) is 5.92 Å². The summed E-state index contributed by atoms with van der Waals surface area (Å²) in [7, 11) is 0. The molecule has 0 saturated heterocycles. The maximum atomic E-state index is 12.8. The Bertz CT molecular complexity index is 757. The lowest BCUT2D eigenvalue weighted by Crippen LogP contribution is -2.54. The number of fused-ring (bicyclic) bond motifs is 1. The Balaban J connectivity index is 1.86. The number of ether oxygens (including phenoxy) is 1. The molecule has 0 spiro atoms. The molecule has 2 aromatic rings. The van der Waals surface area contributed by atoms with Crippen molar-refractivity contribution in [1.82, 2.24) is 14.9 Å². The molecule has 0 saturated carbocycles. The summed E-state index contributed by atoms with van der Waals surface area (Å²) in [6.45, 7) is 4.09. The van der Waals surface area contributed by atoms with E-state index in [2.05, 4.69) is 9.97 Å². The molecule has 0 radical (unpaired) electrons. The van der Waals surface area contributed by atoms with E-state index in [1.807, 2.05) is 44.2 Å². The standard InChI is InChI=1S/C18H22N4O3/c1-11(2)16-15-13(20-10-21-15)8-14(17(19)23)22(16)18(24)25-9-12-6-4-3-5-7-12/h3-7,10-11,14,16H,8-9H2,1-2H3,(H2,19,23)(H,20,21). The molecule has 7 heteroatoms. The van der Waals surface area contributed by atoms with Crippen LogP contribution in [0.25, 0.3) is 0 Å². The van der Waals surface area contributed by atoms with Gasteiger partial charge in [-0.05, 0) is 11.5 Å². The fourth-order valence-corrected chi connectivity index (χ4v) is 3.28. The summed E-state index contributed by atoms with van der Waals surface area (Å²) in [5.74, 6) is -0.504. The van der Waals surface area contributed by atoms with Gasteiger partial charge in [-0.1, -0.05) is 44.2 Å². The fraction of sp³-hybridized carbons (Fsp3) is 0.389. The zero-order chi connectivity index (χ0) is 18.0. The first kappa shape index (κ1) is 17.0. The van der Waals surface area contributed by atoms with Gasteiger partial charge in [-0.3, -0.25) is 9.69 Å². The highest BCUT2D eigenvalue weighted by molar-refractivity contribution is 5.85. The highest BCUT2D eigenvalue weighted by atomic mass is 16.6. The minimum atomic E-state index is -0.761. The number of nitrogens with two attached hydrogens (primary N) is 1. The number of primary amides is 1. The second-order valence-electron chi connectivity index (χ2n) is 6.52. The van der Waals surface area contributed by atoms with Gasteiger partial charge in [0, 0.05) is 12.1 Å². The average Bonchev–Trinajstić information content (AvgIpc) is 3.06. The highest BCUT2D eigenvalue weighted by Gasteiger charge is 2.43. The Labute approximate surface area is 146 Å². The van der Waals surface area contributed by atoms with Gasteiger partial charge in [-0.15, -0.1) is 0 Å². The van der Waals surface area contributed by atoms with Crippen LogP contribution in [0.2, 0.25) is 0 Å². The van der Waals surface area contributed by atoms with Crippen molar-refractivity contribution < 1.29 is 14.3 Å². The predicted molar refractivity (Wildman–Crippen MR) is 91.3 cm³/mol. The molecule has 1 aliphatic rings. The van der Waals surface area contributed by atoms with Crippen LogP contribution in [0.5, 0.6) is 0 Å². The van der Waals surface area contributed by atoms with Crippen LogP contribution in [0.4, 0.5) is 4.79 Å². The summed E-state index contributed by atoms with van der Waals surface area (Å²) >= 11 is 0. The number of aromatic amines is 1. The predicted octanol–water partition coefficient (Wildman–Crippen LogP) is 2.16. The SMILES string of the molecule is CC(C)C1c2nc[nH]c2CC(C(N)=O)N1C(=O)OCc1ccccc1. The van der Waals surface area contributed by atoms with Crippen LogP contribution >= 0.6 is 0 Å². The van der Waals surface area contributed by atoms with E-state index in [1.165, 1.54) is 4.90 Å². The summed E-state index contributed by atoms with van der Waals surface area (Å²) in [5, 5.41) is 0. The molecule has 0 bridgehead atoms.